The fraction of sp³-hybridized carbons (Fsp3) is 0.458. The second-order valence-electron chi connectivity index (χ2n) is 17.0. The molecule has 3 aliphatic rings. The molecule has 0 saturated heterocycles. The van der Waals surface area contributed by atoms with Crippen LogP contribution in [0.2, 0.25) is 0 Å². The number of unbranched alkanes of at least 4 members (excludes halogenated alkanes) is 2. The van der Waals surface area contributed by atoms with Gasteiger partial charge in [-0.1, -0.05) is 48.3 Å². The molecule has 1 heterocycles. The van der Waals surface area contributed by atoms with Crippen LogP contribution in [0.3, 0.4) is 0 Å². The average Bonchev–Trinajstić information content (AvgIpc) is 3.24. The smallest absolute Gasteiger partial charge is 0.269 e. The molecule has 0 radical (unpaired) electrons. The highest BCUT2D eigenvalue weighted by Gasteiger charge is 2.65. The van der Waals surface area contributed by atoms with Crippen molar-refractivity contribution in [2.75, 3.05) is 26.9 Å². The highest BCUT2D eigenvalue weighted by Crippen LogP contribution is 2.62. The van der Waals surface area contributed by atoms with Gasteiger partial charge in [-0.2, -0.15) is 0 Å². The summed E-state index contributed by atoms with van der Waals surface area (Å²) >= 11 is 0. The number of oxime groups is 1. The summed E-state index contributed by atoms with van der Waals surface area (Å²) in [5.74, 6) is -1.83. The summed E-state index contributed by atoms with van der Waals surface area (Å²) in [6.07, 6.45) is 11.6. The summed E-state index contributed by atoms with van der Waals surface area (Å²) in [6, 6.07) is 17.3. The Labute approximate surface area is 357 Å². The molecule has 13 heteroatoms. The van der Waals surface area contributed by atoms with Gasteiger partial charge in [0.15, 0.2) is 0 Å². The lowest BCUT2D eigenvalue weighted by molar-refractivity contribution is -0.384. The number of fused-ring (bicyclic) bond motifs is 2. The van der Waals surface area contributed by atoms with Crippen molar-refractivity contribution in [3.8, 4) is 11.5 Å². The number of non-ortho nitro benzene ring substituents is 1. The van der Waals surface area contributed by atoms with Gasteiger partial charge in [-0.15, -0.1) is 6.58 Å². The van der Waals surface area contributed by atoms with Crippen molar-refractivity contribution >= 4 is 23.4 Å². The van der Waals surface area contributed by atoms with Gasteiger partial charge >= 0.3 is 0 Å². The van der Waals surface area contributed by atoms with E-state index in [0.29, 0.717) is 41.2 Å². The molecule has 0 aromatic heterocycles. The van der Waals surface area contributed by atoms with E-state index in [2.05, 4.69) is 12.7 Å². The van der Waals surface area contributed by atoms with Gasteiger partial charge in [0.05, 0.1) is 23.2 Å². The summed E-state index contributed by atoms with van der Waals surface area (Å²) in [6.45, 7) is 9.99. The highest BCUT2D eigenvalue weighted by atomic mass is 19.1. The first-order chi connectivity index (χ1) is 29.3. The molecule has 6 atom stereocenters. The van der Waals surface area contributed by atoms with Gasteiger partial charge in [0.1, 0.15) is 35.6 Å². The summed E-state index contributed by atoms with van der Waals surface area (Å²) in [7, 11) is 1.70. The lowest BCUT2D eigenvalue weighted by Gasteiger charge is -2.59. The molecule has 326 valence electrons. The number of ether oxygens (including phenoxy) is 3. The first-order valence-corrected chi connectivity index (χ1v) is 21.1. The van der Waals surface area contributed by atoms with Gasteiger partial charge in [0.2, 0.25) is 11.7 Å². The Morgan fingerprint density at radius 3 is 2.46 bits per heavy atom. The van der Waals surface area contributed by atoms with Crippen LogP contribution in [0.5, 0.6) is 11.5 Å². The zero-order valence-corrected chi connectivity index (χ0v) is 35.5. The van der Waals surface area contributed by atoms with E-state index in [1.165, 1.54) is 24.3 Å². The number of allylic oxidation sites excluding steroid dienone is 1. The summed E-state index contributed by atoms with van der Waals surface area (Å²) in [4.78, 5) is 32.9. The van der Waals surface area contributed by atoms with Crippen molar-refractivity contribution < 1.29 is 43.4 Å². The molecule has 1 fully saturated rings. The zero-order valence-electron chi connectivity index (χ0n) is 35.5. The normalized spacial score (nSPS) is 23.7. The number of benzene rings is 3. The van der Waals surface area contributed by atoms with Gasteiger partial charge in [0, 0.05) is 61.9 Å². The quantitative estimate of drug-likeness (QED) is 0.0396. The second kappa shape index (κ2) is 20.0. The van der Waals surface area contributed by atoms with E-state index in [1.807, 2.05) is 32.9 Å². The fourth-order valence-electron chi connectivity index (χ4n) is 8.93. The number of rotatable bonds is 19. The van der Waals surface area contributed by atoms with Crippen LogP contribution >= 0.6 is 0 Å². The van der Waals surface area contributed by atoms with Gasteiger partial charge in [-0.3, -0.25) is 14.9 Å². The molecule has 2 aliphatic carbocycles. The van der Waals surface area contributed by atoms with E-state index < -0.39 is 28.3 Å². The van der Waals surface area contributed by atoms with Crippen LogP contribution in [0.1, 0.15) is 88.3 Å². The third kappa shape index (κ3) is 10.4. The molecule has 2 N–H and O–H groups in total. The topological polar surface area (TPSA) is 153 Å². The van der Waals surface area contributed by atoms with E-state index in [4.69, 9.17) is 24.2 Å². The van der Waals surface area contributed by atoms with Crippen LogP contribution in [0.15, 0.2) is 102 Å². The van der Waals surface area contributed by atoms with Crippen molar-refractivity contribution in [2.45, 2.75) is 95.7 Å². The van der Waals surface area contributed by atoms with Crippen molar-refractivity contribution in [1.82, 2.24) is 4.90 Å². The monoisotopic (exact) mass is 839 g/mol. The van der Waals surface area contributed by atoms with Gasteiger partial charge in [-0.05, 0) is 112 Å². The third-order valence-corrected chi connectivity index (χ3v) is 11.8. The number of hydrogen-bond acceptors (Lipinski definition) is 10. The number of nitrogens with zero attached hydrogens (tertiary/aromatic N) is 3. The van der Waals surface area contributed by atoms with Crippen LogP contribution in [-0.2, 0) is 21.0 Å². The Balaban J connectivity index is 1.52. The van der Waals surface area contributed by atoms with Gasteiger partial charge in [0.25, 0.3) is 5.69 Å². The van der Waals surface area contributed by atoms with Gasteiger partial charge < -0.3 is 34.2 Å². The number of aliphatic hydroxyl groups excluding tert-OH is 2. The van der Waals surface area contributed by atoms with Crippen molar-refractivity contribution in [3.05, 3.63) is 130 Å². The number of amides is 1. The molecule has 12 nitrogen and oxygen atoms in total. The summed E-state index contributed by atoms with van der Waals surface area (Å²) in [5.41, 5.74) is 2.79. The number of nitro benzene ring substituents is 1. The molecular weight excluding hydrogens is 782 g/mol. The van der Waals surface area contributed by atoms with Crippen LogP contribution in [0, 0.1) is 33.7 Å². The number of likely N-dealkylation sites (N-methyl/N-ethyl adjacent to an activating group) is 1. The lowest BCUT2D eigenvalue weighted by Crippen LogP contribution is -2.69. The van der Waals surface area contributed by atoms with Crippen molar-refractivity contribution in [2.24, 2.45) is 22.9 Å². The summed E-state index contributed by atoms with van der Waals surface area (Å²) in [5, 5.41) is 35.8. The standard InChI is InChI=1S/C48H58FN3O9/c1-6-27-59-48-43(51(5)44(55)24-19-32-17-20-35(21-18-32)52(56)57)30-41(50-61-47(2,3)4)38-28-33(13-9-11-25-53)37(15-10-12-26-54)45(46(38)48)39-29-36(22-23-42(39)60-48)58-31-34-14-7-8-16-40(34)49/h6-8,14,16-24,28-29,33,37,43,45-46,53-54H,1,9-13,15,25-27,30-31H2,2-5H3. The Morgan fingerprint density at radius 1 is 1.07 bits per heavy atom. The minimum Gasteiger partial charge on any atom is -0.489 e. The second-order valence-corrected chi connectivity index (χ2v) is 17.0. The fourth-order valence-corrected chi connectivity index (χ4v) is 8.93. The molecule has 1 amide bonds. The zero-order chi connectivity index (χ0) is 43.7. The minimum absolute atomic E-state index is 0.00161. The lowest BCUT2D eigenvalue weighted by atomic mass is 9.55. The molecule has 6 rings (SSSR count). The van der Waals surface area contributed by atoms with Crippen LogP contribution in [-0.4, -0.2) is 76.0 Å². The molecule has 1 aliphatic heterocycles. The van der Waals surface area contributed by atoms with E-state index in [-0.39, 0.29) is 68.0 Å². The number of carbonyl (C=O) groups is 1. The van der Waals surface area contributed by atoms with E-state index >= 15 is 0 Å². The van der Waals surface area contributed by atoms with E-state index in [1.54, 1.807) is 60.5 Å². The number of carbonyl (C=O) groups excluding carboxylic acids is 1. The number of nitro groups is 1. The van der Waals surface area contributed by atoms with Crippen molar-refractivity contribution in [1.29, 1.82) is 0 Å². The Morgan fingerprint density at radius 2 is 1.79 bits per heavy atom. The predicted molar refractivity (Wildman–Crippen MR) is 231 cm³/mol. The van der Waals surface area contributed by atoms with Crippen LogP contribution in [0.4, 0.5) is 10.1 Å². The molecule has 0 bridgehead atoms. The van der Waals surface area contributed by atoms with Crippen LogP contribution < -0.4 is 9.47 Å². The molecular formula is C48H58FN3O9. The largest absolute Gasteiger partial charge is 0.489 e. The molecule has 3 aromatic rings. The highest BCUT2D eigenvalue weighted by molar-refractivity contribution is 6.03. The molecule has 6 unspecified atom stereocenters. The molecule has 0 spiro atoms. The Kier molecular flexibility index (Phi) is 14.8. The maximum atomic E-state index is 14.7. The maximum absolute atomic E-state index is 14.7. The molecule has 1 saturated carbocycles. The Hall–Kier alpha value is -5.37. The van der Waals surface area contributed by atoms with Gasteiger partial charge in [-0.25, -0.2) is 4.39 Å². The first kappa shape index (κ1) is 45.2. The first-order valence-electron chi connectivity index (χ1n) is 21.1. The molecule has 61 heavy (non-hydrogen) atoms. The van der Waals surface area contributed by atoms with E-state index in [0.717, 1.165) is 36.8 Å². The van der Waals surface area contributed by atoms with Crippen molar-refractivity contribution in [3.63, 3.8) is 0 Å². The number of hydrogen-bond donors (Lipinski definition) is 2. The Bertz CT molecular complexity index is 2110. The predicted octanol–water partition coefficient (Wildman–Crippen LogP) is 8.92. The SMILES string of the molecule is C=CCOC12Oc3ccc(OCc4ccccc4F)cc3C3C(CCCCO)C(CCCCO)C=C(C(=NOC(C)(C)C)CC1N(C)C(=O)C=Cc1ccc([N+](=O)[O-])cc1)C32. The number of halogens is 1. The minimum atomic E-state index is -1.45. The average molecular weight is 840 g/mol. The maximum Gasteiger partial charge on any atom is 0.269 e. The van der Waals surface area contributed by atoms with E-state index in [9.17, 15) is 29.5 Å². The molecule has 3 aromatic carbocycles. The van der Waals surface area contributed by atoms with Crippen LogP contribution in [0.25, 0.3) is 6.08 Å². The third-order valence-electron chi connectivity index (χ3n) is 11.8. The summed E-state index contributed by atoms with van der Waals surface area (Å²) < 4.78 is 35.1. The number of aliphatic hydroxyl groups is 2.